The zero-order valence-corrected chi connectivity index (χ0v) is 10.1. The summed E-state index contributed by atoms with van der Waals surface area (Å²) in [7, 11) is 1.88. The van der Waals surface area contributed by atoms with Gasteiger partial charge in [0.1, 0.15) is 0 Å². The van der Waals surface area contributed by atoms with E-state index >= 15 is 0 Å². The molecule has 16 heavy (non-hydrogen) atoms. The summed E-state index contributed by atoms with van der Waals surface area (Å²) in [5.74, 6) is 0.641. The second kappa shape index (κ2) is 6.40. The summed E-state index contributed by atoms with van der Waals surface area (Å²) >= 11 is 0. The van der Waals surface area contributed by atoms with Gasteiger partial charge in [0.15, 0.2) is 0 Å². The highest BCUT2D eigenvalue weighted by molar-refractivity contribution is 5.29. The molecule has 0 saturated heterocycles. The fourth-order valence-corrected chi connectivity index (χ4v) is 1.21. The topological polar surface area (TPSA) is 61.3 Å². The number of likely N-dealkylation sites (N-methyl/N-ethyl adjacent to an activating group) is 1. The van der Waals surface area contributed by atoms with Crippen molar-refractivity contribution in [2.24, 2.45) is 0 Å². The number of anilines is 1. The molecule has 0 fully saturated rings. The molecule has 1 aromatic heterocycles. The van der Waals surface area contributed by atoms with E-state index in [1.54, 1.807) is 0 Å². The smallest absolute Gasteiger partial charge is 0.225 e. The van der Waals surface area contributed by atoms with Crippen LogP contribution in [0.4, 0.5) is 5.95 Å². The second-order valence-electron chi connectivity index (χ2n) is 3.81. The fraction of sp³-hybridized carbons (Fsp3) is 0.636. The largest absolute Gasteiger partial charge is 0.394 e. The number of aliphatic hydroxyl groups is 1. The Hall–Kier alpha value is -1.20. The average molecular weight is 224 g/mol. The van der Waals surface area contributed by atoms with Crippen LogP contribution in [0.15, 0.2) is 12.4 Å². The number of rotatable bonds is 6. The summed E-state index contributed by atoms with van der Waals surface area (Å²) in [4.78, 5) is 10.4. The molecule has 90 valence electrons. The van der Waals surface area contributed by atoms with Gasteiger partial charge in [-0.25, -0.2) is 9.97 Å². The van der Waals surface area contributed by atoms with Gasteiger partial charge in [-0.05, 0) is 13.5 Å². The van der Waals surface area contributed by atoms with Crippen molar-refractivity contribution < 1.29 is 5.11 Å². The first-order valence-corrected chi connectivity index (χ1v) is 5.54. The van der Waals surface area contributed by atoms with Crippen molar-refractivity contribution in [3.8, 4) is 0 Å². The monoisotopic (exact) mass is 224 g/mol. The summed E-state index contributed by atoms with van der Waals surface area (Å²) in [6, 6.07) is 0.0274. The van der Waals surface area contributed by atoms with Crippen molar-refractivity contribution in [2.75, 3.05) is 25.1 Å². The molecular weight excluding hydrogens is 204 g/mol. The zero-order valence-electron chi connectivity index (χ0n) is 10.1. The minimum atomic E-state index is 0.0274. The Morgan fingerprint density at radius 1 is 1.44 bits per heavy atom. The van der Waals surface area contributed by atoms with Crippen molar-refractivity contribution in [1.29, 1.82) is 0 Å². The Bertz CT molecular complexity index is 301. The summed E-state index contributed by atoms with van der Waals surface area (Å²) < 4.78 is 0. The molecule has 1 rings (SSSR count). The minimum absolute atomic E-state index is 0.0274. The van der Waals surface area contributed by atoms with Crippen molar-refractivity contribution in [3.63, 3.8) is 0 Å². The third-order valence-corrected chi connectivity index (χ3v) is 2.51. The van der Waals surface area contributed by atoms with Crippen LogP contribution < -0.4 is 10.2 Å². The number of hydrogen-bond acceptors (Lipinski definition) is 5. The predicted molar refractivity (Wildman–Crippen MR) is 64.4 cm³/mol. The predicted octanol–water partition coefficient (Wildman–Crippen LogP) is 0.403. The maximum absolute atomic E-state index is 9.03. The minimum Gasteiger partial charge on any atom is -0.394 e. The van der Waals surface area contributed by atoms with E-state index in [4.69, 9.17) is 5.11 Å². The van der Waals surface area contributed by atoms with E-state index in [2.05, 4.69) is 22.2 Å². The molecule has 0 amide bonds. The maximum atomic E-state index is 9.03. The Morgan fingerprint density at radius 2 is 2.06 bits per heavy atom. The first-order valence-electron chi connectivity index (χ1n) is 5.54. The van der Waals surface area contributed by atoms with Gasteiger partial charge in [-0.15, -0.1) is 0 Å². The van der Waals surface area contributed by atoms with Crippen LogP contribution in [0, 0.1) is 0 Å². The third-order valence-electron chi connectivity index (χ3n) is 2.51. The van der Waals surface area contributed by atoms with Crippen molar-refractivity contribution in [3.05, 3.63) is 18.0 Å². The maximum Gasteiger partial charge on any atom is 0.225 e. The molecule has 0 aliphatic rings. The van der Waals surface area contributed by atoms with Gasteiger partial charge >= 0.3 is 0 Å². The number of aromatic nitrogens is 2. The highest BCUT2D eigenvalue weighted by Crippen LogP contribution is 2.08. The number of aliphatic hydroxyl groups excluding tert-OH is 1. The SMILES string of the molecule is CCNCc1cnc(N(C)C(C)CO)nc1. The second-order valence-corrected chi connectivity index (χ2v) is 3.81. The van der Waals surface area contributed by atoms with E-state index in [1.807, 2.05) is 31.3 Å². The highest BCUT2D eigenvalue weighted by atomic mass is 16.3. The molecule has 1 atom stereocenters. The molecule has 0 radical (unpaired) electrons. The van der Waals surface area contributed by atoms with E-state index in [9.17, 15) is 0 Å². The van der Waals surface area contributed by atoms with E-state index in [-0.39, 0.29) is 12.6 Å². The van der Waals surface area contributed by atoms with Crippen LogP contribution in [-0.2, 0) is 6.54 Å². The van der Waals surface area contributed by atoms with Crippen molar-refractivity contribution in [1.82, 2.24) is 15.3 Å². The first kappa shape index (κ1) is 12.9. The molecule has 2 N–H and O–H groups in total. The van der Waals surface area contributed by atoms with Crippen LogP contribution in [-0.4, -0.2) is 41.3 Å². The molecule has 5 heteroatoms. The molecule has 1 unspecified atom stereocenters. The van der Waals surface area contributed by atoms with Gasteiger partial charge in [-0.1, -0.05) is 6.92 Å². The fourth-order valence-electron chi connectivity index (χ4n) is 1.21. The molecule has 5 nitrogen and oxygen atoms in total. The lowest BCUT2D eigenvalue weighted by molar-refractivity contribution is 0.269. The molecule has 0 saturated carbocycles. The average Bonchev–Trinajstić information content (AvgIpc) is 2.35. The van der Waals surface area contributed by atoms with Gasteiger partial charge in [0.2, 0.25) is 5.95 Å². The lowest BCUT2D eigenvalue weighted by Gasteiger charge is -2.22. The normalized spacial score (nSPS) is 12.5. The molecule has 0 aromatic carbocycles. The van der Waals surface area contributed by atoms with Gasteiger partial charge in [0.05, 0.1) is 12.6 Å². The number of nitrogens with zero attached hydrogens (tertiary/aromatic N) is 3. The van der Waals surface area contributed by atoms with E-state index in [0.717, 1.165) is 18.7 Å². The van der Waals surface area contributed by atoms with Gasteiger partial charge in [0.25, 0.3) is 0 Å². The number of nitrogens with one attached hydrogen (secondary N) is 1. The lowest BCUT2D eigenvalue weighted by atomic mass is 10.3. The van der Waals surface area contributed by atoms with Gasteiger partial charge < -0.3 is 15.3 Å². The Balaban J connectivity index is 2.63. The Morgan fingerprint density at radius 3 is 2.56 bits per heavy atom. The van der Waals surface area contributed by atoms with E-state index in [1.165, 1.54) is 0 Å². The number of hydrogen-bond donors (Lipinski definition) is 2. The highest BCUT2D eigenvalue weighted by Gasteiger charge is 2.10. The van der Waals surface area contributed by atoms with Crippen LogP contribution in [0.3, 0.4) is 0 Å². The molecule has 0 aliphatic heterocycles. The van der Waals surface area contributed by atoms with E-state index < -0.39 is 0 Å². The zero-order chi connectivity index (χ0) is 12.0. The molecule has 0 bridgehead atoms. The molecule has 0 spiro atoms. The van der Waals surface area contributed by atoms with Crippen LogP contribution in [0.2, 0.25) is 0 Å². The van der Waals surface area contributed by atoms with E-state index in [0.29, 0.717) is 5.95 Å². The third kappa shape index (κ3) is 3.43. The molecular formula is C11H20N4O. The van der Waals surface area contributed by atoms with Crippen LogP contribution in [0.25, 0.3) is 0 Å². The van der Waals surface area contributed by atoms with Crippen LogP contribution >= 0.6 is 0 Å². The van der Waals surface area contributed by atoms with Gasteiger partial charge in [-0.2, -0.15) is 0 Å². The first-order chi connectivity index (χ1) is 7.69. The van der Waals surface area contributed by atoms with Crippen LogP contribution in [0.5, 0.6) is 0 Å². The van der Waals surface area contributed by atoms with Gasteiger partial charge in [-0.3, -0.25) is 0 Å². The summed E-state index contributed by atoms with van der Waals surface area (Å²) in [5, 5.41) is 12.2. The Kier molecular flexibility index (Phi) is 5.14. The standard InChI is InChI=1S/C11H20N4O/c1-4-12-5-10-6-13-11(14-7-10)15(3)9(2)8-16/h6-7,9,12,16H,4-5,8H2,1-3H3. The summed E-state index contributed by atoms with van der Waals surface area (Å²) in [6.07, 6.45) is 3.62. The summed E-state index contributed by atoms with van der Waals surface area (Å²) in [5.41, 5.74) is 1.07. The molecule has 1 heterocycles. The quantitative estimate of drug-likeness (QED) is 0.732. The van der Waals surface area contributed by atoms with Crippen molar-refractivity contribution in [2.45, 2.75) is 26.4 Å². The van der Waals surface area contributed by atoms with Gasteiger partial charge in [0, 0.05) is 31.5 Å². The Labute approximate surface area is 96.5 Å². The van der Waals surface area contributed by atoms with Crippen molar-refractivity contribution >= 4 is 5.95 Å². The molecule has 1 aromatic rings. The van der Waals surface area contributed by atoms with Crippen LogP contribution in [0.1, 0.15) is 19.4 Å². The summed E-state index contributed by atoms with van der Waals surface area (Å²) in [6.45, 7) is 5.81. The molecule has 0 aliphatic carbocycles. The lowest BCUT2D eigenvalue weighted by Crippen LogP contribution is -2.33.